The Morgan fingerprint density at radius 2 is 0.957 bits per heavy atom. The second-order valence-corrected chi connectivity index (χ2v) is 17.0. The average Bonchev–Trinajstić information content (AvgIpc) is 3.35. The van der Waals surface area contributed by atoms with Crippen molar-refractivity contribution in [3.63, 3.8) is 0 Å². The molecule has 0 aliphatic heterocycles. The molecule has 0 fully saturated rings. The quantitative estimate of drug-likeness (QED) is 0.0205. The largest absolute Gasteiger partial charge is 0.494 e. The van der Waals surface area contributed by atoms with Gasteiger partial charge in [-0.15, -0.1) is 0 Å². The van der Waals surface area contributed by atoms with E-state index in [9.17, 15) is 19.2 Å². The number of rotatable bonds is 28. The molecule has 0 saturated carbocycles. The topological polar surface area (TPSA) is 217 Å². The van der Waals surface area contributed by atoms with Crippen LogP contribution in [0.25, 0.3) is 10.8 Å². The van der Waals surface area contributed by atoms with Crippen LogP contribution in [-0.4, -0.2) is 70.7 Å². The molecule has 4 aromatic carbocycles. The van der Waals surface area contributed by atoms with Crippen LogP contribution in [0.4, 0.5) is 32.9 Å². The van der Waals surface area contributed by atoms with Crippen LogP contribution in [0.15, 0.2) is 117 Å². The van der Waals surface area contributed by atoms with E-state index in [1.807, 2.05) is 85.2 Å². The molecule has 0 spiro atoms. The van der Waals surface area contributed by atoms with Gasteiger partial charge < -0.3 is 20.1 Å². The number of nitrogens with one attached hydrogen (secondary N) is 6. The SMILES string of the molecule is CCCCNC(=O)Nc1nc(CCCCCCOc2ccc(C=Nc3cccc4c(N=Cc5ccc(OCCCCCCc6cc(=O)[nH]c(NC(=O)NCCCC)n6)cc5)cccc34)cc2)cc(=O)[nH]1. The first-order valence-electron chi connectivity index (χ1n) is 24.6. The van der Waals surface area contributed by atoms with E-state index < -0.39 is 0 Å². The van der Waals surface area contributed by atoms with Crippen molar-refractivity contribution in [1.82, 2.24) is 30.6 Å². The van der Waals surface area contributed by atoms with Crippen LogP contribution in [-0.2, 0) is 12.8 Å². The predicted octanol–water partition coefficient (Wildman–Crippen LogP) is 10.7. The first kappa shape index (κ1) is 51.8. The summed E-state index contributed by atoms with van der Waals surface area (Å²) in [6, 6.07) is 30.1. The molecule has 6 N–H and O–H groups in total. The molecular formula is C54H66N10O6. The van der Waals surface area contributed by atoms with Gasteiger partial charge in [0.25, 0.3) is 11.1 Å². The highest BCUT2D eigenvalue weighted by Gasteiger charge is 2.09. The van der Waals surface area contributed by atoms with Gasteiger partial charge in [-0.1, -0.05) is 76.6 Å². The zero-order valence-corrected chi connectivity index (χ0v) is 40.4. The molecule has 6 aromatic rings. The second-order valence-electron chi connectivity index (χ2n) is 17.0. The number of benzene rings is 4. The van der Waals surface area contributed by atoms with E-state index in [1.54, 1.807) is 0 Å². The monoisotopic (exact) mass is 951 g/mol. The number of hydrogen-bond donors (Lipinski definition) is 6. The third-order valence-corrected chi connectivity index (χ3v) is 11.2. The van der Waals surface area contributed by atoms with Crippen molar-refractivity contribution < 1.29 is 19.1 Å². The van der Waals surface area contributed by atoms with E-state index >= 15 is 0 Å². The number of unbranched alkanes of at least 4 members (excludes halogenated alkanes) is 8. The maximum Gasteiger partial charge on any atom is 0.321 e. The second kappa shape index (κ2) is 28.6. The van der Waals surface area contributed by atoms with Crippen LogP contribution in [0, 0.1) is 0 Å². The Labute approximate surface area is 409 Å². The summed E-state index contributed by atoms with van der Waals surface area (Å²) in [5.41, 5.74) is 4.36. The zero-order valence-electron chi connectivity index (χ0n) is 40.4. The van der Waals surface area contributed by atoms with E-state index in [1.165, 1.54) is 12.1 Å². The van der Waals surface area contributed by atoms with Crippen molar-refractivity contribution in [3.8, 4) is 11.5 Å². The Balaban J connectivity index is 0.877. The van der Waals surface area contributed by atoms with Crippen molar-refractivity contribution in [3.05, 3.63) is 140 Å². The molecule has 2 heterocycles. The van der Waals surface area contributed by atoms with Gasteiger partial charge in [0.15, 0.2) is 0 Å². The van der Waals surface area contributed by atoms with Crippen molar-refractivity contribution in [2.24, 2.45) is 9.98 Å². The number of anilines is 2. The lowest BCUT2D eigenvalue weighted by Crippen LogP contribution is -2.31. The molecular weight excluding hydrogens is 885 g/mol. The fourth-order valence-corrected chi connectivity index (χ4v) is 7.45. The van der Waals surface area contributed by atoms with Crippen LogP contribution < -0.4 is 41.9 Å². The number of fused-ring (bicyclic) bond motifs is 1. The predicted molar refractivity (Wildman–Crippen MR) is 280 cm³/mol. The molecule has 70 heavy (non-hydrogen) atoms. The molecule has 0 aliphatic rings. The minimum absolute atomic E-state index is 0.160. The van der Waals surface area contributed by atoms with Gasteiger partial charge in [-0.2, -0.15) is 0 Å². The molecule has 0 aliphatic carbocycles. The Morgan fingerprint density at radius 3 is 1.37 bits per heavy atom. The molecule has 16 nitrogen and oxygen atoms in total. The van der Waals surface area contributed by atoms with E-state index in [0.717, 1.165) is 122 Å². The number of amides is 4. The molecule has 0 atom stereocenters. The minimum Gasteiger partial charge on any atom is -0.494 e. The highest BCUT2D eigenvalue weighted by atomic mass is 16.5. The van der Waals surface area contributed by atoms with Crippen molar-refractivity contribution in [2.75, 3.05) is 36.9 Å². The van der Waals surface area contributed by atoms with Crippen molar-refractivity contribution in [2.45, 2.75) is 104 Å². The van der Waals surface area contributed by atoms with E-state index in [4.69, 9.17) is 19.5 Å². The van der Waals surface area contributed by atoms with Gasteiger partial charge in [0.2, 0.25) is 11.9 Å². The molecule has 0 saturated heterocycles. The molecule has 0 unspecified atom stereocenters. The molecule has 16 heteroatoms. The van der Waals surface area contributed by atoms with Gasteiger partial charge in [-0.3, -0.25) is 40.2 Å². The number of aliphatic imine (C=N–C) groups is 2. The highest BCUT2D eigenvalue weighted by Crippen LogP contribution is 2.32. The fourth-order valence-electron chi connectivity index (χ4n) is 7.45. The Bertz CT molecular complexity index is 2560. The zero-order chi connectivity index (χ0) is 49.2. The summed E-state index contributed by atoms with van der Waals surface area (Å²) in [5.74, 6) is 1.92. The standard InChI is InChI=1S/C54H66N10O6/c1-3-5-31-55-53(67)63-51-59-41(35-49(65)61-51)17-11-7-9-13-33-69-43-27-23-39(24-28-43)37-57-47-21-15-20-46-45(47)19-16-22-48(46)58-38-40-25-29-44(30-26-40)70-34-14-10-8-12-18-42-36-50(66)62-52(60-42)64-54(68)56-32-6-4-2/h15-16,19-30,35-38H,3-14,17-18,31-34H2,1-2H3,(H3,55,59,61,63,65,67)(H3,56,60,62,64,66,68). The highest BCUT2D eigenvalue weighted by molar-refractivity contribution is 6.02. The van der Waals surface area contributed by atoms with E-state index in [2.05, 4.69) is 67.2 Å². The molecule has 6 rings (SSSR count). The number of urea groups is 2. The van der Waals surface area contributed by atoms with Gasteiger partial charge in [-0.05, 0) is 123 Å². The molecule has 4 amide bonds. The van der Waals surface area contributed by atoms with Gasteiger partial charge in [0.1, 0.15) is 11.5 Å². The average molecular weight is 951 g/mol. The third kappa shape index (κ3) is 18.1. The molecule has 0 bridgehead atoms. The van der Waals surface area contributed by atoms with Crippen LogP contribution in [0.1, 0.15) is 113 Å². The summed E-state index contributed by atoms with van der Waals surface area (Å²) < 4.78 is 12.0. The number of aromatic nitrogens is 4. The van der Waals surface area contributed by atoms with Crippen LogP contribution in [0.2, 0.25) is 0 Å². The molecule has 2 aromatic heterocycles. The number of hydrogen-bond acceptors (Lipinski definition) is 10. The lowest BCUT2D eigenvalue weighted by atomic mass is 10.1. The normalized spacial score (nSPS) is 11.3. The Hall–Kier alpha value is -7.62. The van der Waals surface area contributed by atoms with Crippen LogP contribution >= 0.6 is 0 Å². The summed E-state index contributed by atoms with van der Waals surface area (Å²) >= 11 is 0. The van der Waals surface area contributed by atoms with Crippen LogP contribution in [0.3, 0.4) is 0 Å². The van der Waals surface area contributed by atoms with Gasteiger partial charge in [0.05, 0.1) is 24.6 Å². The number of nitrogens with zero attached hydrogens (tertiary/aromatic N) is 4. The van der Waals surface area contributed by atoms with Gasteiger partial charge in [0, 0.05) is 59.8 Å². The Kier molecular flexibility index (Phi) is 21.2. The van der Waals surface area contributed by atoms with Crippen LogP contribution in [0.5, 0.6) is 11.5 Å². The smallest absolute Gasteiger partial charge is 0.321 e. The first-order valence-corrected chi connectivity index (χ1v) is 24.6. The third-order valence-electron chi connectivity index (χ3n) is 11.2. The summed E-state index contributed by atoms with van der Waals surface area (Å²) in [7, 11) is 0. The van der Waals surface area contributed by atoms with Crippen molar-refractivity contribution >= 4 is 58.5 Å². The first-order chi connectivity index (χ1) is 34.2. The van der Waals surface area contributed by atoms with Gasteiger partial charge >= 0.3 is 12.1 Å². The number of H-pyrrole nitrogens is 2. The Morgan fingerprint density at radius 1 is 0.543 bits per heavy atom. The van der Waals surface area contributed by atoms with Gasteiger partial charge in [-0.25, -0.2) is 19.6 Å². The maximum atomic E-state index is 12.1. The lowest BCUT2D eigenvalue weighted by Gasteiger charge is -2.08. The number of aryl methyl sites for hydroxylation is 2. The minimum atomic E-state index is -0.378. The van der Waals surface area contributed by atoms with E-state index in [-0.39, 0.29) is 35.1 Å². The van der Waals surface area contributed by atoms with Crippen molar-refractivity contribution in [1.29, 1.82) is 0 Å². The summed E-state index contributed by atoms with van der Waals surface area (Å²) in [6.45, 7) is 6.45. The number of aromatic amines is 2. The molecule has 0 radical (unpaired) electrons. The summed E-state index contributed by atoms with van der Waals surface area (Å²) in [4.78, 5) is 71.9. The maximum absolute atomic E-state index is 12.1. The summed E-state index contributed by atoms with van der Waals surface area (Å²) in [5, 5.41) is 12.7. The number of carbonyl (C=O) groups is 2. The molecule has 368 valence electrons. The van der Waals surface area contributed by atoms with E-state index in [0.29, 0.717) is 50.5 Å². The fraction of sp³-hybridized carbons (Fsp3) is 0.370. The lowest BCUT2D eigenvalue weighted by molar-refractivity contribution is 0.251. The summed E-state index contributed by atoms with van der Waals surface area (Å²) in [6.07, 6.45) is 16.2. The number of ether oxygens (including phenoxy) is 2. The number of carbonyl (C=O) groups excluding carboxylic acids is 2.